The van der Waals surface area contributed by atoms with E-state index in [-0.39, 0.29) is 6.61 Å². The molecule has 1 heterocycles. The van der Waals surface area contributed by atoms with Crippen molar-refractivity contribution in [3.63, 3.8) is 0 Å². The van der Waals surface area contributed by atoms with Gasteiger partial charge in [-0.2, -0.15) is 0 Å². The highest BCUT2D eigenvalue weighted by molar-refractivity contribution is 5.13. The number of aliphatic hydroxyl groups is 2. The monoisotopic (exact) mass is 182 g/mol. The van der Waals surface area contributed by atoms with Crippen LogP contribution in [0, 0.1) is 0 Å². The lowest BCUT2D eigenvalue weighted by Gasteiger charge is -2.17. The van der Waals surface area contributed by atoms with Crippen LogP contribution in [0.5, 0.6) is 0 Å². The number of pyridine rings is 1. The van der Waals surface area contributed by atoms with Crippen molar-refractivity contribution in [3.8, 4) is 0 Å². The second-order valence-corrected chi connectivity index (χ2v) is 2.91. The number of rotatable bonds is 4. The summed E-state index contributed by atoms with van der Waals surface area (Å²) in [6.07, 6.45) is 2.84. The Kier molecular flexibility index (Phi) is 3.82. The topological polar surface area (TPSA) is 79.4 Å². The van der Waals surface area contributed by atoms with Gasteiger partial charge in [-0.05, 0) is 12.5 Å². The Morgan fingerprint density at radius 2 is 2.31 bits per heavy atom. The highest BCUT2D eigenvalue weighted by Gasteiger charge is 2.15. The molecular formula is C9H14N2O2. The Morgan fingerprint density at radius 1 is 1.54 bits per heavy atom. The van der Waals surface area contributed by atoms with Gasteiger partial charge in [0.15, 0.2) is 0 Å². The van der Waals surface area contributed by atoms with Crippen LogP contribution in [0.4, 0.5) is 0 Å². The summed E-state index contributed by atoms with van der Waals surface area (Å²) in [6, 6.07) is 3.06. The summed E-state index contributed by atoms with van der Waals surface area (Å²) in [5.74, 6) is 0. The average molecular weight is 182 g/mol. The van der Waals surface area contributed by atoms with Crippen molar-refractivity contribution in [3.05, 3.63) is 30.1 Å². The van der Waals surface area contributed by atoms with E-state index in [9.17, 15) is 5.11 Å². The molecule has 4 nitrogen and oxygen atoms in total. The first-order valence-electron chi connectivity index (χ1n) is 4.20. The number of hydrogen-bond acceptors (Lipinski definition) is 4. The zero-order chi connectivity index (χ0) is 9.68. The lowest BCUT2D eigenvalue weighted by atomic mass is 10.0. The zero-order valence-electron chi connectivity index (χ0n) is 7.30. The van der Waals surface area contributed by atoms with Crippen molar-refractivity contribution in [1.29, 1.82) is 0 Å². The minimum atomic E-state index is -0.749. The maximum absolute atomic E-state index is 9.64. The third-order valence-corrected chi connectivity index (χ3v) is 1.89. The third kappa shape index (κ3) is 2.77. The first-order valence-corrected chi connectivity index (χ1v) is 4.20. The molecule has 1 aromatic rings. The van der Waals surface area contributed by atoms with Gasteiger partial charge in [-0.15, -0.1) is 0 Å². The molecule has 0 aliphatic carbocycles. The number of nitrogens with zero attached hydrogens (tertiary/aromatic N) is 1. The van der Waals surface area contributed by atoms with Gasteiger partial charge in [0.05, 0.1) is 6.10 Å². The molecule has 0 saturated heterocycles. The fourth-order valence-electron chi connectivity index (χ4n) is 1.11. The van der Waals surface area contributed by atoms with Gasteiger partial charge in [-0.25, -0.2) is 0 Å². The van der Waals surface area contributed by atoms with Crippen molar-refractivity contribution in [2.45, 2.75) is 18.6 Å². The predicted octanol–water partition coefficient (Wildman–Crippen LogP) is -0.175. The molecule has 4 N–H and O–H groups in total. The molecule has 2 unspecified atom stereocenters. The molecule has 0 aliphatic rings. The fourth-order valence-corrected chi connectivity index (χ4v) is 1.11. The van der Waals surface area contributed by atoms with E-state index in [4.69, 9.17) is 10.8 Å². The van der Waals surface area contributed by atoms with Gasteiger partial charge in [0.2, 0.25) is 0 Å². The van der Waals surface area contributed by atoms with Crippen LogP contribution in [-0.4, -0.2) is 27.8 Å². The molecule has 1 aromatic heterocycles. The minimum Gasteiger partial charge on any atom is -0.396 e. The maximum Gasteiger partial charge on any atom is 0.0956 e. The SMILES string of the molecule is NC(CCO)C(O)c1cccnc1. The summed E-state index contributed by atoms with van der Waals surface area (Å²) in [5, 5.41) is 18.3. The lowest BCUT2D eigenvalue weighted by Crippen LogP contribution is -2.29. The summed E-state index contributed by atoms with van der Waals surface area (Å²) < 4.78 is 0. The molecule has 72 valence electrons. The fraction of sp³-hybridized carbons (Fsp3) is 0.444. The van der Waals surface area contributed by atoms with E-state index in [0.717, 1.165) is 0 Å². The smallest absolute Gasteiger partial charge is 0.0956 e. The largest absolute Gasteiger partial charge is 0.396 e. The molecule has 0 radical (unpaired) electrons. The van der Waals surface area contributed by atoms with Crippen molar-refractivity contribution < 1.29 is 10.2 Å². The quantitative estimate of drug-likeness (QED) is 0.603. The van der Waals surface area contributed by atoms with E-state index in [2.05, 4.69) is 4.98 Å². The van der Waals surface area contributed by atoms with Crippen LogP contribution in [0.15, 0.2) is 24.5 Å². The zero-order valence-corrected chi connectivity index (χ0v) is 7.30. The van der Waals surface area contributed by atoms with Gasteiger partial charge >= 0.3 is 0 Å². The van der Waals surface area contributed by atoms with E-state index in [1.165, 1.54) is 0 Å². The number of nitrogens with two attached hydrogens (primary N) is 1. The summed E-state index contributed by atoms with van der Waals surface area (Å²) >= 11 is 0. The van der Waals surface area contributed by atoms with E-state index in [0.29, 0.717) is 12.0 Å². The highest BCUT2D eigenvalue weighted by Crippen LogP contribution is 2.15. The maximum atomic E-state index is 9.64. The van der Waals surface area contributed by atoms with E-state index >= 15 is 0 Å². The van der Waals surface area contributed by atoms with Crippen LogP contribution in [0.1, 0.15) is 18.1 Å². The van der Waals surface area contributed by atoms with Crippen LogP contribution in [0.25, 0.3) is 0 Å². The standard InChI is InChI=1S/C9H14N2O2/c10-8(3-5-12)9(13)7-2-1-4-11-6-7/h1-2,4,6,8-9,12-13H,3,5,10H2. The molecule has 4 heteroatoms. The van der Waals surface area contributed by atoms with E-state index < -0.39 is 12.1 Å². The molecule has 0 fully saturated rings. The number of hydrogen-bond donors (Lipinski definition) is 3. The van der Waals surface area contributed by atoms with Crippen LogP contribution in [-0.2, 0) is 0 Å². The summed E-state index contributed by atoms with van der Waals surface area (Å²) in [6.45, 7) is -0.0154. The Labute approximate surface area is 77.0 Å². The van der Waals surface area contributed by atoms with Crippen LogP contribution < -0.4 is 5.73 Å². The number of aliphatic hydroxyl groups excluding tert-OH is 2. The van der Waals surface area contributed by atoms with Gasteiger partial charge in [-0.1, -0.05) is 6.07 Å². The van der Waals surface area contributed by atoms with Crippen LogP contribution in [0.2, 0.25) is 0 Å². The van der Waals surface area contributed by atoms with E-state index in [1.54, 1.807) is 24.5 Å². The average Bonchev–Trinajstić information content (AvgIpc) is 2.18. The van der Waals surface area contributed by atoms with Crippen molar-refractivity contribution in [1.82, 2.24) is 4.98 Å². The normalized spacial score (nSPS) is 15.3. The van der Waals surface area contributed by atoms with Gasteiger partial charge in [0.1, 0.15) is 0 Å². The molecule has 1 rings (SSSR count). The second kappa shape index (κ2) is 4.91. The van der Waals surface area contributed by atoms with E-state index in [1.807, 2.05) is 0 Å². The first kappa shape index (κ1) is 10.1. The Balaban J connectivity index is 2.62. The van der Waals surface area contributed by atoms with Crippen LogP contribution in [0.3, 0.4) is 0 Å². The van der Waals surface area contributed by atoms with Crippen molar-refractivity contribution in [2.24, 2.45) is 5.73 Å². The molecule has 0 aromatic carbocycles. The second-order valence-electron chi connectivity index (χ2n) is 2.91. The van der Waals surface area contributed by atoms with Gasteiger partial charge in [0, 0.05) is 30.6 Å². The van der Waals surface area contributed by atoms with Crippen molar-refractivity contribution >= 4 is 0 Å². The predicted molar refractivity (Wildman–Crippen MR) is 48.9 cm³/mol. The first-order chi connectivity index (χ1) is 6.25. The molecule has 0 spiro atoms. The highest BCUT2D eigenvalue weighted by atomic mass is 16.3. The summed E-state index contributed by atoms with van der Waals surface area (Å²) in [5.41, 5.74) is 6.31. The van der Waals surface area contributed by atoms with Gasteiger partial charge in [-0.3, -0.25) is 4.98 Å². The molecular weight excluding hydrogens is 168 g/mol. The number of aromatic nitrogens is 1. The molecule has 0 saturated carbocycles. The lowest BCUT2D eigenvalue weighted by molar-refractivity contribution is 0.129. The summed E-state index contributed by atoms with van der Waals surface area (Å²) in [7, 11) is 0. The molecule has 0 aliphatic heterocycles. The Hall–Kier alpha value is -0.970. The van der Waals surface area contributed by atoms with Gasteiger partial charge in [0.25, 0.3) is 0 Å². The third-order valence-electron chi connectivity index (χ3n) is 1.89. The molecule has 0 amide bonds. The van der Waals surface area contributed by atoms with Crippen LogP contribution >= 0.6 is 0 Å². The Bertz CT molecular complexity index is 241. The van der Waals surface area contributed by atoms with Crippen molar-refractivity contribution in [2.75, 3.05) is 6.61 Å². The molecule has 13 heavy (non-hydrogen) atoms. The van der Waals surface area contributed by atoms with Gasteiger partial charge < -0.3 is 15.9 Å². The molecule has 2 atom stereocenters. The minimum absolute atomic E-state index is 0.0154. The summed E-state index contributed by atoms with van der Waals surface area (Å²) in [4.78, 5) is 3.87. The molecule has 0 bridgehead atoms. The Morgan fingerprint density at radius 3 is 2.85 bits per heavy atom.